The highest BCUT2D eigenvalue weighted by atomic mass is 79.9. The first-order valence-electron chi connectivity index (χ1n) is 7.54. The van der Waals surface area contributed by atoms with Gasteiger partial charge in [-0.1, -0.05) is 45.7 Å². The number of hydrogen-bond acceptors (Lipinski definition) is 2. The summed E-state index contributed by atoms with van der Waals surface area (Å²) >= 11 is 9.35. The number of carbonyl (C=O) groups is 2. The fourth-order valence-electron chi connectivity index (χ4n) is 2.66. The molecule has 3 N–H and O–H groups in total. The van der Waals surface area contributed by atoms with Crippen molar-refractivity contribution < 1.29 is 9.59 Å². The maximum atomic E-state index is 12.8. The van der Waals surface area contributed by atoms with Crippen molar-refractivity contribution in [1.82, 2.24) is 10.6 Å². The van der Waals surface area contributed by atoms with Gasteiger partial charge in [0.1, 0.15) is 0 Å². The van der Waals surface area contributed by atoms with Gasteiger partial charge >= 0.3 is 6.03 Å². The number of urea groups is 1. The fourth-order valence-corrected chi connectivity index (χ4v) is 3.12. The first kappa shape index (κ1) is 17.5. The van der Waals surface area contributed by atoms with Gasteiger partial charge in [-0.25, -0.2) is 4.79 Å². The zero-order chi connectivity index (χ0) is 18.0. The molecule has 0 radical (unpaired) electrons. The Kier molecular flexibility index (Phi) is 5.11. The van der Waals surface area contributed by atoms with Crippen molar-refractivity contribution in [2.75, 3.05) is 5.32 Å². The van der Waals surface area contributed by atoms with Gasteiger partial charge in [0.2, 0.25) is 0 Å². The summed E-state index contributed by atoms with van der Waals surface area (Å²) in [6.07, 6.45) is 0. The van der Waals surface area contributed by atoms with E-state index in [1.807, 2.05) is 24.3 Å². The van der Waals surface area contributed by atoms with Crippen LogP contribution in [0.4, 0.5) is 10.5 Å². The average Bonchev–Trinajstić information content (AvgIpc) is 2.54. The van der Waals surface area contributed by atoms with Crippen LogP contribution >= 0.6 is 27.5 Å². The molecule has 25 heavy (non-hydrogen) atoms. The topological polar surface area (TPSA) is 70.2 Å². The molecule has 0 bridgehead atoms. The number of rotatable bonds is 3. The number of halogens is 2. The third kappa shape index (κ3) is 4.03. The summed E-state index contributed by atoms with van der Waals surface area (Å²) in [4.78, 5) is 24.7. The third-order valence-corrected chi connectivity index (χ3v) is 4.56. The van der Waals surface area contributed by atoms with Crippen molar-refractivity contribution in [3.8, 4) is 0 Å². The quantitative estimate of drug-likeness (QED) is 0.690. The van der Waals surface area contributed by atoms with Crippen LogP contribution in [0.3, 0.4) is 0 Å². The highest BCUT2D eigenvalue weighted by Gasteiger charge is 2.31. The van der Waals surface area contributed by atoms with Crippen LogP contribution in [0.25, 0.3) is 0 Å². The summed E-state index contributed by atoms with van der Waals surface area (Å²) in [7, 11) is 0. The van der Waals surface area contributed by atoms with Crippen molar-refractivity contribution >= 4 is 45.2 Å². The lowest BCUT2D eigenvalue weighted by molar-refractivity contribution is -0.113. The van der Waals surface area contributed by atoms with Crippen molar-refractivity contribution in [2.24, 2.45) is 0 Å². The van der Waals surface area contributed by atoms with E-state index in [0.29, 0.717) is 22.0 Å². The number of hydrogen-bond donors (Lipinski definition) is 3. The highest BCUT2D eigenvalue weighted by molar-refractivity contribution is 9.10. The van der Waals surface area contributed by atoms with Crippen LogP contribution < -0.4 is 16.0 Å². The van der Waals surface area contributed by atoms with Crippen molar-refractivity contribution in [3.05, 3.63) is 74.9 Å². The molecule has 1 heterocycles. The zero-order valence-electron chi connectivity index (χ0n) is 13.3. The molecule has 2 aromatic rings. The largest absolute Gasteiger partial charge is 0.327 e. The van der Waals surface area contributed by atoms with Crippen LogP contribution in [0.1, 0.15) is 18.5 Å². The molecule has 0 fully saturated rings. The van der Waals surface area contributed by atoms with Crippen LogP contribution in [-0.4, -0.2) is 11.9 Å². The van der Waals surface area contributed by atoms with E-state index in [2.05, 4.69) is 31.9 Å². The number of nitrogens with one attached hydrogen (secondary N) is 3. The minimum Gasteiger partial charge on any atom is -0.327 e. The van der Waals surface area contributed by atoms with E-state index in [9.17, 15) is 9.59 Å². The molecule has 3 amide bonds. The van der Waals surface area contributed by atoms with Crippen LogP contribution in [0.15, 0.2) is 64.3 Å². The molecular formula is C18H15BrClN3O2. The second-order valence-electron chi connectivity index (χ2n) is 5.59. The molecule has 7 heteroatoms. The van der Waals surface area contributed by atoms with Crippen LogP contribution in [0.5, 0.6) is 0 Å². The molecule has 0 unspecified atom stereocenters. The van der Waals surface area contributed by atoms with Gasteiger partial charge in [-0.2, -0.15) is 0 Å². The Labute approximate surface area is 158 Å². The normalized spacial score (nSPS) is 16.9. The minimum absolute atomic E-state index is 0.305. The smallest absolute Gasteiger partial charge is 0.319 e. The SMILES string of the molecule is CC1=C(C(=O)Nc2cccc(Cl)c2)[C@H](c2ccc(Br)cc2)NC(=O)N1. The standard InChI is InChI=1S/C18H15BrClN3O2/c1-10-15(17(24)22-14-4-2-3-13(20)9-14)16(23-18(25)21-10)11-5-7-12(19)8-6-11/h2-9,16H,1H3,(H,22,24)(H2,21,23,25)/t16-/m0/s1. The van der Waals surface area contributed by atoms with Gasteiger partial charge < -0.3 is 16.0 Å². The van der Waals surface area contributed by atoms with Gasteiger partial charge in [0.15, 0.2) is 0 Å². The number of carbonyl (C=O) groups excluding carboxylic acids is 2. The molecular weight excluding hydrogens is 406 g/mol. The lowest BCUT2D eigenvalue weighted by atomic mass is 9.95. The van der Waals surface area contributed by atoms with Gasteiger partial charge in [0, 0.05) is 20.9 Å². The Morgan fingerprint density at radius 2 is 1.92 bits per heavy atom. The van der Waals surface area contributed by atoms with Crippen LogP contribution in [0.2, 0.25) is 5.02 Å². The summed E-state index contributed by atoms with van der Waals surface area (Å²) in [5.74, 6) is -0.305. The van der Waals surface area contributed by atoms with E-state index < -0.39 is 6.04 Å². The maximum absolute atomic E-state index is 12.8. The van der Waals surface area contributed by atoms with Gasteiger partial charge in [-0.05, 0) is 42.8 Å². The van der Waals surface area contributed by atoms with Crippen molar-refractivity contribution in [3.63, 3.8) is 0 Å². The molecule has 3 rings (SSSR count). The summed E-state index contributed by atoms with van der Waals surface area (Å²) in [5, 5.41) is 8.81. The van der Waals surface area contributed by atoms with E-state index in [1.54, 1.807) is 31.2 Å². The lowest BCUT2D eigenvalue weighted by Gasteiger charge is -2.28. The number of benzene rings is 2. The molecule has 1 atom stereocenters. The van der Waals surface area contributed by atoms with Gasteiger partial charge in [0.25, 0.3) is 5.91 Å². The van der Waals surface area contributed by atoms with Crippen LogP contribution in [0, 0.1) is 0 Å². The third-order valence-electron chi connectivity index (χ3n) is 3.80. The molecule has 1 aliphatic heterocycles. The Morgan fingerprint density at radius 3 is 2.60 bits per heavy atom. The zero-order valence-corrected chi connectivity index (χ0v) is 15.6. The fraction of sp³-hybridized carbons (Fsp3) is 0.111. The summed E-state index contributed by atoms with van der Waals surface area (Å²) < 4.78 is 0.919. The lowest BCUT2D eigenvalue weighted by Crippen LogP contribution is -2.45. The number of allylic oxidation sites excluding steroid dienone is 1. The minimum atomic E-state index is -0.541. The average molecular weight is 421 g/mol. The summed E-state index contributed by atoms with van der Waals surface area (Å²) in [5.41, 5.74) is 2.36. The van der Waals surface area contributed by atoms with Crippen LogP contribution in [-0.2, 0) is 4.79 Å². The maximum Gasteiger partial charge on any atom is 0.319 e. The highest BCUT2D eigenvalue weighted by Crippen LogP contribution is 2.29. The Bertz CT molecular complexity index is 865. The van der Waals surface area contributed by atoms with Crippen molar-refractivity contribution in [2.45, 2.75) is 13.0 Å². The second kappa shape index (κ2) is 7.29. The monoisotopic (exact) mass is 419 g/mol. The molecule has 0 aromatic heterocycles. The first-order chi connectivity index (χ1) is 11.9. The molecule has 1 aliphatic rings. The predicted octanol–water partition coefficient (Wildman–Crippen LogP) is 4.37. The summed E-state index contributed by atoms with van der Waals surface area (Å²) in [6, 6.07) is 13.5. The van der Waals surface area contributed by atoms with E-state index in [-0.39, 0.29) is 11.9 Å². The van der Waals surface area contributed by atoms with Gasteiger partial charge in [-0.3, -0.25) is 4.79 Å². The van der Waals surface area contributed by atoms with E-state index in [0.717, 1.165) is 10.0 Å². The Hall–Kier alpha value is -2.31. The first-order valence-corrected chi connectivity index (χ1v) is 8.72. The molecule has 0 saturated heterocycles. The van der Waals surface area contributed by atoms with Gasteiger partial charge in [0.05, 0.1) is 11.6 Å². The predicted molar refractivity (Wildman–Crippen MR) is 101 cm³/mol. The van der Waals surface area contributed by atoms with E-state index >= 15 is 0 Å². The Morgan fingerprint density at radius 1 is 1.20 bits per heavy atom. The molecule has 0 aliphatic carbocycles. The molecule has 0 saturated carbocycles. The number of amides is 3. The molecule has 2 aromatic carbocycles. The number of anilines is 1. The molecule has 5 nitrogen and oxygen atoms in total. The molecule has 128 valence electrons. The Balaban J connectivity index is 1.94. The van der Waals surface area contributed by atoms with E-state index in [1.165, 1.54) is 0 Å². The second-order valence-corrected chi connectivity index (χ2v) is 6.94. The van der Waals surface area contributed by atoms with E-state index in [4.69, 9.17) is 11.6 Å². The molecule has 0 spiro atoms. The van der Waals surface area contributed by atoms with Gasteiger partial charge in [-0.15, -0.1) is 0 Å². The summed E-state index contributed by atoms with van der Waals surface area (Å²) in [6.45, 7) is 1.71. The van der Waals surface area contributed by atoms with Crippen molar-refractivity contribution in [1.29, 1.82) is 0 Å².